The summed E-state index contributed by atoms with van der Waals surface area (Å²) in [6.07, 6.45) is 2.28. The van der Waals surface area contributed by atoms with Crippen molar-refractivity contribution < 1.29 is 9.53 Å². The highest BCUT2D eigenvalue weighted by Gasteiger charge is 2.34. The summed E-state index contributed by atoms with van der Waals surface area (Å²) in [6.45, 7) is 12.5. The number of thioether (sulfide) groups is 1. The van der Waals surface area contributed by atoms with Gasteiger partial charge < -0.3 is 9.64 Å². The Kier molecular flexibility index (Phi) is 7.15. The Balaban J connectivity index is 1.69. The lowest BCUT2D eigenvalue weighted by Crippen LogP contribution is -2.50. The number of nitrogens with zero attached hydrogens (tertiary/aromatic N) is 3. The number of amides is 1. The van der Waals surface area contributed by atoms with Gasteiger partial charge in [-0.2, -0.15) is 0 Å². The topological polar surface area (TPSA) is 36.0 Å². The second-order valence-corrected chi connectivity index (χ2v) is 8.98. The number of hydrogen-bond donors (Lipinski definition) is 0. The van der Waals surface area contributed by atoms with E-state index in [1.165, 1.54) is 17.4 Å². The van der Waals surface area contributed by atoms with Gasteiger partial charge in [-0.05, 0) is 51.5 Å². The Labute approximate surface area is 177 Å². The van der Waals surface area contributed by atoms with Gasteiger partial charge in [0.05, 0.1) is 23.8 Å². The molecule has 0 radical (unpaired) electrons. The third-order valence-corrected chi connectivity index (χ3v) is 6.41. The molecule has 2 saturated heterocycles. The SMILES string of the molecule is CCN(CC)c1ccc(/C=C2\SC(=S)N(CN3CC(C)OC(C)C3)C2=O)cc1. The summed E-state index contributed by atoms with van der Waals surface area (Å²) in [6, 6.07) is 8.34. The molecule has 1 aromatic rings. The molecule has 0 spiro atoms. The van der Waals surface area contributed by atoms with Crippen LogP contribution in [-0.4, -0.2) is 65.1 Å². The lowest BCUT2D eigenvalue weighted by Gasteiger charge is -2.36. The maximum Gasteiger partial charge on any atom is 0.267 e. The van der Waals surface area contributed by atoms with E-state index >= 15 is 0 Å². The van der Waals surface area contributed by atoms with Crippen molar-refractivity contribution >= 4 is 46.0 Å². The molecule has 0 aromatic heterocycles. The molecule has 0 saturated carbocycles. The zero-order valence-electron chi connectivity index (χ0n) is 17.1. The largest absolute Gasteiger partial charge is 0.373 e. The van der Waals surface area contributed by atoms with Gasteiger partial charge in [0.2, 0.25) is 0 Å². The molecule has 1 amide bonds. The normalized spacial score (nSPS) is 25.0. The first-order valence-electron chi connectivity index (χ1n) is 9.89. The summed E-state index contributed by atoms with van der Waals surface area (Å²) < 4.78 is 6.41. The van der Waals surface area contributed by atoms with E-state index in [1.807, 2.05) is 6.08 Å². The monoisotopic (exact) mass is 419 g/mol. The number of hydrogen-bond acceptors (Lipinski definition) is 6. The number of carbonyl (C=O) groups is 1. The van der Waals surface area contributed by atoms with Crippen LogP contribution in [0.3, 0.4) is 0 Å². The summed E-state index contributed by atoms with van der Waals surface area (Å²) in [5.41, 5.74) is 2.22. The first kappa shape index (κ1) is 21.3. The second-order valence-electron chi connectivity index (χ2n) is 7.31. The van der Waals surface area contributed by atoms with Crippen molar-refractivity contribution in [1.82, 2.24) is 9.80 Å². The van der Waals surface area contributed by atoms with Gasteiger partial charge in [0.25, 0.3) is 5.91 Å². The third kappa shape index (κ3) is 4.95. The van der Waals surface area contributed by atoms with Crippen LogP contribution in [0.1, 0.15) is 33.3 Å². The van der Waals surface area contributed by atoms with Crippen molar-refractivity contribution in [3.8, 4) is 0 Å². The van der Waals surface area contributed by atoms with Crippen LogP contribution < -0.4 is 4.90 Å². The number of thiocarbonyl (C=S) groups is 1. The zero-order chi connectivity index (χ0) is 20.3. The maximum absolute atomic E-state index is 12.9. The van der Waals surface area contributed by atoms with E-state index in [0.717, 1.165) is 31.7 Å². The predicted octanol–water partition coefficient (Wildman–Crippen LogP) is 3.80. The number of carbonyl (C=O) groups excluding carboxylic acids is 1. The van der Waals surface area contributed by atoms with E-state index in [-0.39, 0.29) is 18.1 Å². The molecule has 0 bridgehead atoms. The Bertz CT molecular complexity index is 737. The fraction of sp³-hybridized carbons (Fsp3) is 0.524. The number of anilines is 1. The molecule has 2 aliphatic rings. The van der Waals surface area contributed by atoms with Gasteiger partial charge in [-0.3, -0.25) is 14.6 Å². The Morgan fingerprint density at radius 3 is 2.36 bits per heavy atom. The summed E-state index contributed by atoms with van der Waals surface area (Å²) in [7, 11) is 0. The average Bonchev–Trinajstić information content (AvgIpc) is 2.91. The molecule has 2 heterocycles. The molecule has 1 aromatic carbocycles. The summed E-state index contributed by atoms with van der Waals surface area (Å²) in [4.78, 5) is 19.8. The second kappa shape index (κ2) is 9.39. The molecular weight excluding hydrogens is 390 g/mol. The number of benzene rings is 1. The summed E-state index contributed by atoms with van der Waals surface area (Å²) in [5, 5.41) is 0. The van der Waals surface area contributed by atoms with Gasteiger partial charge in [-0.1, -0.05) is 36.1 Å². The molecule has 7 heteroatoms. The average molecular weight is 420 g/mol. The first-order chi connectivity index (χ1) is 13.4. The first-order valence-corrected chi connectivity index (χ1v) is 11.1. The maximum atomic E-state index is 12.9. The van der Waals surface area contributed by atoms with Crippen molar-refractivity contribution in [2.45, 2.75) is 39.9 Å². The zero-order valence-corrected chi connectivity index (χ0v) is 18.7. The lowest BCUT2D eigenvalue weighted by molar-refractivity contribution is -0.126. The molecule has 152 valence electrons. The molecule has 28 heavy (non-hydrogen) atoms. The molecule has 3 rings (SSSR count). The van der Waals surface area contributed by atoms with Crippen LogP contribution in [-0.2, 0) is 9.53 Å². The molecular formula is C21H29N3O2S2. The van der Waals surface area contributed by atoms with E-state index in [1.54, 1.807) is 4.90 Å². The van der Waals surface area contributed by atoms with Crippen LogP contribution >= 0.6 is 24.0 Å². The fourth-order valence-electron chi connectivity index (χ4n) is 3.74. The molecule has 2 unspecified atom stereocenters. The standard InChI is InChI=1S/C21H29N3O2S2/c1-5-23(6-2)18-9-7-17(8-10-18)11-19-20(25)24(21(27)28-19)14-22-12-15(3)26-16(4)13-22/h7-11,15-16H,5-6,12-14H2,1-4H3/b19-11-. The summed E-state index contributed by atoms with van der Waals surface area (Å²) >= 11 is 6.87. The highest BCUT2D eigenvalue weighted by molar-refractivity contribution is 8.26. The van der Waals surface area contributed by atoms with Gasteiger partial charge in [0.1, 0.15) is 4.32 Å². The van der Waals surface area contributed by atoms with Gasteiger partial charge in [0, 0.05) is 31.9 Å². The van der Waals surface area contributed by atoms with Crippen LogP contribution in [0.5, 0.6) is 0 Å². The van der Waals surface area contributed by atoms with E-state index in [9.17, 15) is 4.79 Å². The number of ether oxygens (including phenoxy) is 1. The van der Waals surface area contributed by atoms with Crippen LogP contribution in [0.25, 0.3) is 6.08 Å². The Morgan fingerprint density at radius 1 is 1.18 bits per heavy atom. The van der Waals surface area contributed by atoms with Crippen LogP contribution in [0.15, 0.2) is 29.2 Å². The van der Waals surface area contributed by atoms with Gasteiger partial charge >= 0.3 is 0 Å². The Morgan fingerprint density at radius 2 is 1.79 bits per heavy atom. The van der Waals surface area contributed by atoms with E-state index < -0.39 is 0 Å². The van der Waals surface area contributed by atoms with Crippen molar-refractivity contribution in [3.05, 3.63) is 34.7 Å². The fourth-order valence-corrected chi connectivity index (χ4v) is 4.98. The number of rotatable bonds is 6. The summed E-state index contributed by atoms with van der Waals surface area (Å²) in [5.74, 6) is -0.00498. The molecule has 2 fully saturated rings. The molecule has 5 nitrogen and oxygen atoms in total. The third-order valence-electron chi connectivity index (χ3n) is 5.03. The highest BCUT2D eigenvalue weighted by atomic mass is 32.2. The van der Waals surface area contributed by atoms with E-state index in [4.69, 9.17) is 17.0 Å². The minimum absolute atomic E-state index is 0.00498. The molecule has 0 N–H and O–H groups in total. The molecule has 2 atom stereocenters. The van der Waals surface area contributed by atoms with Crippen LogP contribution in [0, 0.1) is 0 Å². The lowest BCUT2D eigenvalue weighted by atomic mass is 10.1. The molecule has 0 aliphatic carbocycles. The van der Waals surface area contributed by atoms with Gasteiger partial charge in [-0.25, -0.2) is 0 Å². The van der Waals surface area contributed by atoms with Gasteiger partial charge in [-0.15, -0.1) is 0 Å². The van der Waals surface area contributed by atoms with Crippen LogP contribution in [0.4, 0.5) is 5.69 Å². The minimum Gasteiger partial charge on any atom is -0.373 e. The van der Waals surface area contributed by atoms with Crippen molar-refractivity contribution in [2.24, 2.45) is 0 Å². The minimum atomic E-state index is -0.00498. The van der Waals surface area contributed by atoms with Crippen molar-refractivity contribution in [1.29, 1.82) is 0 Å². The molecule has 2 aliphatic heterocycles. The van der Waals surface area contributed by atoms with Gasteiger partial charge in [0.15, 0.2) is 0 Å². The van der Waals surface area contributed by atoms with E-state index in [2.05, 4.69) is 61.8 Å². The Hall–Kier alpha value is -1.41. The van der Waals surface area contributed by atoms with Crippen molar-refractivity contribution in [3.63, 3.8) is 0 Å². The quantitative estimate of drug-likeness (QED) is 0.516. The smallest absolute Gasteiger partial charge is 0.267 e. The highest BCUT2D eigenvalue weighted by Crippen LogP contribution is 2.33. The number of morpholine rings is 1. The predicted molar refractivity (Wildman–Crippen MR) is 121 cm³/mol. The van der Waals surface area contributed by atoms with Crippen molar-refractivity contribution in [2.75, 3.05) is 37.7 Å². The van der Waals surface area contributed by atoms with Crippen LogP contribution in [0.2, 0.25) is 0 Å². The van der Waals surface area contributed by atoms with E-state index in [0.29, 0.717) is 15.9 Å².